The number of H-pyrrole nitrogens is 1. The van der Waals surface area contributed by atoms with Crippen molar-refractivity contribution in [2.24, 2.45) is 0 Å². The molecule has 0 radical (unpaired) electrons. The molecule has 100 valence electrons. The average Bonchev–Trinajstić information content (AvgIpc) is 2.42. The van der Waals surface area contributed by atoms with Crippen LogP contribution in [0.25, 0.3) is 0 Å². The van der Waals surface area contributed by atoms with Crippen LogP contribution in [0.2, 0.25) is 0 Å². The van der Waals surface area contributed by atoms with Crippen molar-refractivity contribution >= 4 is 11.8 Å². The summed E-state index contributed by atoms with van der Waals surface area (Å²) in [6, 6.07) is 9.66. The van der Waals surface area contributed by atoms with Gasteiger partial charge in [0.1, 0.15) is 5.75 Å². The van der Waals surface area contributed by atoms with E-state index in [1.165, 1.54) is 11.8 Å². The van der Waals surface area contributed by atoms with Crippen LogP contribution in [0.4, 0.5) is 0 Å². The fraction of sp³-hybridized carbons (Fsp3) is 0.286. The Balaban J connectivity index is 1.85. The predicted octanol–water partition coefficient (Wildman–Crippen LogP) is 2.56. The van der Waals surface area contributed by atoms with Gasteiger partial charge < -0.3 is 9.72 Å². The average molecular weight is 276 g/mol. The topological polar surface area (TPSA) is 55.0 Å². The standard InChI is InChI=1S/C14H16N2O2S/c1-10-11(2)15-14(16-13(10)17)19-9-8-18-12-6-4-3-5-7-12/h3-7H,8-9H2,1-2H3,(H,15,16,17). The lowest BCUT2D eigenvalue weighted by atomic mass is 10.3. The van der Waals surface area contributed by atoms with Crippen molar-refractivity contribution in [3.8, 4) is 5.75 Å². The molecule has 0 aliphatic heterocycles. The number of nitrogens with zero attached hydrogens (tertiary/aromatic N) is 1. The van der Waals surface area contributed by atoms with Crippen molar-refractivity contribution in [2.45, 2.75) is 19.0 Å². The van der Waals surface area contributed by atoms with E-state index < -0.39 is 0 Å². The van der Waals surface area contributed by atoms with Crippen LogP contribution in [0.1, 0.15) is 11.3 Å². The van der Waals surface area contributed by atoms with Gasteiger partial charge in [-0.1, -0.05) is 30.0 Å². The molecule has 1 aromatic carbocycles. The van der Waals surface area contributed by atoms with Crippen LogP contribution in [0.3, 0.4) is 0 Å². The van der Waals surface area contributed by atoms with Crippen molar-refractivity contribution in [2.75, 3.05) is 12.4 Å². The predicted molar refractivity (Wildman–Crippen MR) is 77.0 cm³/mol. The second kappa shape index (κ2) is 6.43. The number of aryl methyl sites for hydroxylation is 1. The molecular formula is C14H16N2O2S. The van der Waals surface area contributed by atoms with Crippen molar-refractivity contribution in [1.29, 1.82) is 0 Å². The SMILES string of the molecule is Cc1nc(SCCOc2ccccc2)[nH]c(=O)c1C. The van der Waals surface area contributed by atoms with Gasteiger partial charge in [0.25, 0.3) is 5.56 Å². The van der Waals surface area contributed by atoms with E-state index in [9.17, 15) is 4.79 Å². The highest BCUT2D eigenvalue weighted by Crippen LogP contribution is 2.13. The van der Waals surface area contributed by atoms with Crippen LogP contribution < -0.4 is 10.3 Å². The van der Waals surface area contributed by atoms with Gasteiger partial charge in [-0.2, -0.15) is 0 Å². The Morgan fingerprint density at radius 3 is 2.68 bits per heavy atom. The van der Waals surface area contributed by atoms with Crippen LogP contribution >= 0.6 is 11.8 Å². The molecule has 0 amide bonds. The summed E-state index contributed by atoms with van der Waals surface area (Å²) < 4.78 is 5.57. The highest BCUT2D eigenvalue weighted by Gasteiger charge is 2.04. The van der Waals surface area contributed by atoms with Crippen LogP contribution in [0, 0.1) is 13.8 Å². The van der Waals surface area contributed by atoms with Gasteiger partial charge in [0.15, 0.2) is 5.16 Å². The second-order valence-corrected chi connectivity index (χ2v) is 5.18. The Hall–Kier alpha value is -1.75. The number of aromatic nitrogens is 2. The molecule has 5 heteroatoms. The van der Waals surface area contributed by atoms with Crippen molar-refractivity contribution < 1.29 is 4.74 Å². The minimum Gasteiger partial charge on any atom is -0.493 e. The first-order valence-corrected chi connectivity index (χ1v) is 7.03. The first kappa shape index (κ1) is 13.7. The molecule has 0 aliphatic carbocycles. The summed E-state index contributed by atoms with van der Waals surface area (Å²) in [4.78, 5) is 18.7. The molecule has 1 heterocycles. The fourth-order valence-electron chi connectivity index (χ4n) is 1.50. The molecule has 0 saturated carbocycles. The largest absolute Gasteiger partial charge is 0.493 e. The summed E-state index contributed by atoms with van der Waals surface area (Å²) >= 11 is 1.49. The van der Waals surface area contributed by atoms with Gasteiger partial charge in [0.2, 0.25) is 0 Å². The molecule has 2 rings (SSSR count). The molecule has 1 aromatic heterocycles. The van der Waals surface area contributed by atoms with E-state index in [1.54, 1.807) is 6.92 Å². The summed E-state index contributed by atoms with van der Waals surface area (Å²) in [5.41, 5.74) is 1.37. The first-order valence-electron chi connectivity index (χ1n) is 6.05. The van der Waals surface area contributed by atoms with Gasteiger partial charge in [0.05, 0.1) is 6.61 Å². The minimum absolute atomic E-state index is 0.0704. The minimum atomic E-state index is -0.0704. The van der Waals surface area contributed by atoms with Crippen LogP contribution in [0.5, 0.6) is 5.75 Å². The Bertz CT molecular complexity index is 596. The van der Waals surface area contributed by atoms with E-state index >= 15 is 0 Å². The zero-order valence-corrected chi connectivity index (χ0v) is 11.8. The lowest BCUT2D eigenvalue weighted by molar-refractivity contribution is 0.344. The molecule has 0 aliphatic rings. The van der Waals surface area contributed by atoms with Gasteiger partial charge in [-0.05, 0) is 26.0 Å². The summed E-state index contributed by atoms with van der Waals surface area (Å²) in [7, 11) is 0. The molecule has 0 atom stereocenters. The smallest absolute Gasteiger partial charge is 0.254 e. The van der Waals surface area contributed by atoms with E-state index in [0.717, 1.165) is 17.2 Å². The summed E-state index contributed by atoms with van der Waals surface area (Å²) in [6.07, 6.45) is 0. The molecule has 0 bridgehead atoms. The molecule has 0 saturated heterocycles. The molecule has 1 N–H and O–H groups in total. The number of ether oxygens (including phenoxy) is 1. The molecule has 4 nitrogen and oxygen atoms in total. The monoisotopic (exact) mass is 276 g/mol. The first-order chi connectivity index (χ1) is 9.16. The third-order valence-corrected chi connectivity index (χ3v) is 3.54. The lowest BCUT2D eigenvalue weighted by Gasteiger charge is -2.06. The second-order valence-electron chi connectivity index (χ2n) is 4.09. The van der Waals surface area contributed by atoms with E-state index in [4.69, 9.17) is 4.74 Å². The van der Waals surface area contributed by atoms with E-state index in [1.807, 2.05) is 37.3 Å². The zero-order valence-electron chi connectivity index (χ0n) is 11.0. The molecule has 0 unspecified atom stereocenters. The maximum atomic E-state index is 11.6. The Morgan fingerprint density at radius 1 is 1.26 bits per heavy atom. The maximum Gasteiger partial charge on any atom is 0.254 e. The molecule has 0 spiro atoms. The van der Waals surface area contributed by atoms with Crippen LogP contribution in [0.15, 0.2) is 40.3 Å². The summed E-state index contributed by atoms with van der Waals surface area (Å²) in [6.45, 7) is 4.19. The highest BCUT2D eigenvalue weighted by molar-refractivity contribution is 7.99. The zero-order chi connectivity index (χ0) is 13.7. The summed E-state index contributed by atoms with van der Waals surface area (Å²) in [5.74, 6) is 1.59. The molecule has 0 fully saturated rings. The third-order valence-electron chi connectivity index (χ3n) is 2.71. The number of hydrogen-bond acceptors (Lipinski definition) is 4. The van der Waals surface area contributed by atoms with Crippen LogP contribution in [-0.4, -0.2) is 22.3 Å². The van der Waals surface area contributed by atoms with Gasteiger partial charge in [-0.25, -0.2) is 4.98 Å². The van der Waals surface area contributed by atoms with Crippen molar-refractivity contribution in [3.63, 3.8) is 0 Å². The molecule has 2 aromatic rings. The quantitative estimate of drug-likeness (QED) is 0.518. The summed E-state index contributed by atoms with van der Waals surface area (Å²) in [5, 5.41) is 0.643. The number of nitrogens with one attached hydrogen (secondary N) is 1. The number of rotatable bonds is 5. The van der Waals surface area contributed by atoms with Gasteiger partial charge >= 0.3 is 0 Å². The number of aromatic amines is 1. The number of benzene rings is 1. The molecule has 19 heavy (non-hydrogen) atoms. The molecular weight excluding hydrogens is 260 g/mol. The Morgan fingerprint density at radius 2 is 2.00 bits per heavy atom. The van der Waals surface area contributed by atoms with Crippen LogP contribution in [-0.2, 0) is 0 Å². The third kappa shape index (κ3) is 3.86. The van der Waals surface area contributed by atoms with E-state index in [0.29, 0.717) is 17.3 Å². The highest BCUT2D eigenvalue weighted by atomic mass is 32.2. The van der Waals surface area contributed by atoms with Crippen molar-refractivity contribution in [1.82, 2.24) is 9.97 Å². The Kier molecular flexibility index (Phi) is 4.63. The van der Waals surface area contributed by atoms with Crippen molar-refractivity contribution in [3.05, 3.63) is 51.9 Å². The Labute approximate surface area is 116 Å². The van der Waals surface area contributed by atoms with Gasteiger partial charge in [-0.3, -0.25) is 4.79 Å². The number of para-hydroxylation sites is 1. The van der Waals surface area contributed by atoms with Gasteiger partial charge in [-0.15, -0.1) is 0 Å². The number of hydrogen-bond donors (Lipinski definition) is 1. The maximum absolute atomic E-state index is 11.6. The van der Waals surface area contributed by atoms with Gasteiger partial charge in [0, 0.05) is 17.0 Å². The lowest BCUT2D eigenvalue weighted by Crippen LogP contribution is -2.14. The normalized spacial score (nSPS) is 10.4. The van der Waals surface area contributed by atoms with E-state index in [-0.39, 0.29) is 5.56 Å². The van der Waals surface area contributed by atoms with E-state index in [2.05, 4.69) is 9.97 Å². The number of thioether (sulfide) groups is 1. The fourth-order valence-corrected chi connectivity index (χ4v) is 2.23.